The first kappa shape index (κ1) is 13.8. The summed E-state index contributed by atoms with van der Waals surface area (Å²) in [5, 5.41) is 4.94. The maximum absolute atomic E-state index is 5.51. The summed E-state index contributed by atoms with van der Waals surface area (Å²) in [6, 6.07) is 12.7. The summed E-state index contributed by atoms with van der Waals surface area (Å²) in [7, 11) is 6.12. The normalized spacial score (nSPS) is 11.2. The van der Waals surface area contributed by atoms with Crippen molar-refractivity contribution in [2.75, 3.05) is 34.3 Å². The molecule has 0 unspecified atom stereocenters. The summed E-state index contributed by atoms with van der Waals surface area (Å²) in [4.78, 5) is 1.49. The number of fused-ring (bicyclic) bond motifs is 1. The number of nitrogens with one attached hydrogen (secondary N) is 1. The first-order chi connectivity index (χ1) is 9.22. The molecule has 0 bridgehead atoms. The molecule has 2 rings (SSSR count). The Labute approximate surface area is 115 Å². The molecule has 3 heteroatoms. The number of ether oxygens (including phenoxy) is 1. The number of hydrogen-bond acceptors (Lipinski definition) is 1. The number of methoxy groups -OCH3 is 1. The predicted octanol–water partition coefficient (Wildman–Crippen LogP) is 0.0563. The molecule has 0 saturated heterocycles. The third kappa shape index (κ3) is 3.46. The highest BCUT2D eigenvalue weighted by molar-refractivity contribution is 5.87. The summed E-state index contributed by atoms with van der Waals surface area (Å²) >= 11 is 0. The van der Waals surface area contributed by atoms with Crippen molar-refractivity contribution in [3.63, 3.8) is 0 Å². The number of benzene rings is 2. The molecular formula is C16H24N2O+2. The van der Waals surface area contributed by atoms with Crippen molar-refractivity contribution in [3.05, 3.63) is 42.0 Å². The Balaban J connectivity index is 2.19. The van der Waals surface area contributed by atoms with Gasteiger partial charge in [0, 0.05) is 0 Å². The monoisotopic (exact) mass is 260 g/mol. The lowest BCUT2D eigenvalue weighted by Gasteiger charge is -2.12. The van der Waals surface area contributed by atoms with Gasteiger partial charge in [-0.3, -0.25) is 0 Å². The van der Waals surface area contributed by atoms with E-state index >= 15 is 0 Å². The van der Waals surface area contributed by atoms with E-state index in [2.05, 4.69) is 55.8 Å². The Bertz CT molecular complexity index is 537. The Morgan fingerprint density at radius 1 is 1.11 bits per heavy atom. The van der Waals surface area contributed by atoms with Crippen molar-refractivity contribution in [3.8, 4) is 5.75 Å². The summed E-state index contributed by atoms with van der Waals surface area (Å²) < 4.78 is 5.51. The van der Waals surface area contributed by atoms with Gasteiger partial charge in [-0.15, -0.1) is 0 Å². The number of hydrogen-bond donors (Lipinski definition) is 2. The third-order valence-electron chi connectivity index (χ3n) is 3.41. The van der Waals surface area contributed by atoms with E-state index in [4.69, 9.17) is 4.74 Å². The number of nitrogens with two attached hydrogens (primary N) is 1. The quantitative estimate of drug-likeness (QED) is 0.707. The van der Waals surface area contributed by atoms with Crippen LogP contribution in [0, 0.1) is 0 Å². The van der Waals surface area contributed by atoms with Gasteiger partial charge in [0.15, 0.2) is 0 Å². The Hall–Kier alpha value is -1.58. The summed E-state index contributed by atoms with van der Waals surface area (Å²) in [6.07, 6.45) is 0. The van der Waals surface area contributed by atoms with Crippen molar-refractivity contribution in [1.82, 2.24) is 0 Å². The summed E-state index contributed by atoms with van der Waals surface area (Å²) in [5.41, 5.74) is 1.30. The average Bonchev–Trinajstić information content (AvgIpc) is 2.43. The molecule has 0 aliphatic rings. The molecule has 0 spiro atoms. The first-order valence-electron chi connectivity index (χ1n) is 6.87. The van der Waals surface area contributed by atoms with Crippen LogP contribution < -0.4 is 15.0 Å². The van der Waals surface area contributed by atoms with E-state index in [0.29, 0.717) is 0 Å². The zero-order chi connectivity index (χ0) is 13.7. The first-order valence-corrected chi connectivity index (χ1v) is 6.87. The van der Waals surface area contributed by atoms with Crippen LogP contribution in [0.2, 0.25) is 0 Å². The molecule has 3 N–H and O–H groups in total. The second-order valence-electron chi connectivity index (χ2n) is 5.21. The average molecular weight is 260 g/mol. The Morgan fingerprint density at radius 2 is 1.89 bits per heavy atom. The van der Waals surface area contributed by atoms with Crippen LogP contribution in [0.4, 0.5) is 0 Å². The van der Waals surface area contributed by atoms with Crippen LogP contribution in [0.25, 0.3) is 10.8 Å². The van der Waals surface area contributed by atoms with E-state index in [-0.39, 0.29) is 0 Å². The van der Waals surface area contributed by atoms with Crippen LogP contribution in [0.15, 0.2) is 36.4 Å². The van der Waals surface area contributed by atoms with Crippen LogP contribution in [0.5, 0.6) is 5.75 Å². The Morgan fingerprint density at radius 3 is 2.63 bits per heavy atom. The zero-order valence-electron chi connectivity index (χ0n) is 12.1. The van der Waals surface area contributed by atoms with Crippen molar-refractivity contribution in [1.29, 1.82) is 0 Å². The molecular weight excluding hydrogens is 236 g/mol. The van der Waals surface area contributed by atoms with Crippen molar-refractivity contribution >= 4 is 10.8 Å². The van der Waals surface area contributed by atoms with Gasteiger partial charge in [0.2, 0.25) is 0 Å². The zero-order valence-corrected chi connectivity index (χ0v) is 12.1. The van der Waals surface area contributed by atoms with Gasteiger partial charge in [-0.05, 0) is 16.8 Å². The van der Waals surface area contributed by atoms with Gasteiger partial charge >= 0.3 is 0 Å². The van der Waals surface area contributed by atoms with E-state index in [9.17, 15) is 0 Å². The lowest BCUT2D eigenvalue weighted by Crippen LogP contribution is -3.09. The fourth-order valence-corrected chi connectivity index (χ4v) is 2.35. The fourth-order valence-electron chi connectivity index (χ4n) is 2.35. The second-order valence-corrected chi connectivity index (χ2v) is 5.21. The molecule has 0 saturated carbocycles. The van der Waals surface area contributed by atoms with Crippen LogP contribution in [-0.2, 0) is 6.54 Å². The van der Waals surface area contributed by atoms with Gasteiger partial charge < -0.3 is 15.0 Å². The van der Waals surface area contributed by atoms with Gasteiger partial charge in [0.05, 0.1) is 26.8 Å². The third-order valence-corrected chi connectivity index (χ3v) is 3.41. The maximum atomic E-state index is 5.51. The van der Waals surface area contributed by atoms with E-state index in [1.807, 2.05) is 0 Å². The molecule has 2 aromatic carbocycles. The molecule has 0 aliphatic carbocycles. The van der Waals surface area contributed by atoms with Crippen LogP contribution in [-0.4, -0.2) is 34.3 Å². The maximum Gasteiger partial charge on any atom is 0.128 e. The number of likely N-dealkylation sites (N-methyl/N-ethyl adjacent to an activating group) is 1. The molecule has 0 aromatic heterocycles. The minimum absolute atomic E-state index is 0.970. The molecule has 0 aliphatic heterocycles. The summed E-state index contributed by atoms with van der Waals surface area (Å²) in [5.74, 6) is 0.993. The van der Waals surface area contributed by atoms with Crippen LogP contribution in [0.1, 0.15) is 5.56 Å². The smallest absolute Gasteiger partial charge is 0.128 e. The molecule has 0 atom stereocenters. The minimum Gasteiger partial charge on any atom is -0.496 e. The van der Waals surface area contributed by atoms with Gasteiger partial charge in [-0.1, -0.05) is 30.3 Å². The predicted molar refractivity (Wildman–Crippen MR) is 78.7 cm³/mol. The largest absolute Gasteiger partial charge is 0.496 e. The van der Waals surface area contributed by atoms with Gasteiger partial charge in [0.25, 0.3) is 0 Å². The highest BCUT2D eigenvalue weighted by atomic mass is 16.5. The van der Waals surface area contributed by atoms with Crippen LogP contribution >= 0.6 is 0 Å². The number of rotatable bonds is 6. The minimum atomic E-state index is 0.970. The molecule has 102 valence electrons. The SMILES string of the molecule is COc1ccc2ccccc2c1C[NH2+]CC[NH+](C)C. The molecule has 2 aromatic rings. The topological polar surface area (TPSA) is 30.3 Å². The van der Waals surface area contributed by atoms with E-state index < -0.39 is 0 Å². The second kappa shape index (κ2) is 6.55. The lowest BCUT2D eigenvalue weighted by molar-refractivity contribution is -0.875. The van der Waals surface area contributed by atoms with Crippen molar-refractivity contribution in [2.45, 2.75) is 6.54 Å². The summed E-state index contributed by atoms with van der Waals surface area (Å²) in [6.45, 7) is 3.28. The highest BCUT2D eigenvalue weighted by Crippen LogP contribution is 2.26. The van der Waals surface area contributed by atoms with Gasteiger partial charge in [-0.2, -0.15) is 0 Å². The van der Waals surface area contributed by atoms with E-state index in [0.717, 1.165) is 18.8 Å². The van der Waals surface area contributed by atoms with Gasteiger partial charge in [0.1, 0.15) is 25.4 Å². The molecule has 0 radical (unpaired) electrons. The van der Waals surface area contributed by atoms with Crippen molar-refractivity contribution in [2.24, 2.45) is 0 Å². The van der Waals surface area contributed by atoms with Crippen molar-refractivity contribution < 1.29 is 15.0 Å². The van der Waals surface area contributed by atoms with Crippen LogP contribution in [0.3, 0.4) is 0 Å². The fraction of sp³-hybridized carbons (Fsp3) is 0.375. The standard InChI is InChI=1S/C16H22N2O/c1-18(2)11-10-17-12-15-14-7-5-4-6-13(14)8-9-16(15)19-3/h4-9,17H,10-12H2,1-3H3/p+2. The lowest BCUT2D eigenvalue weighted by atomic mass is 10.0. The molecule has 0 fully saturated rings. The van der Waals surface area contributed by atoms with E-state index in [1.54, 1.807) is 7.11 Å². The molecule has 0 amide bonds. The molecule has 0 heterocycles. The van der Waals surface area contributed by atoms with E-state index in [1.165, 1.54) is 27.8 Å². The Kier molecular flexibility index (Phi) is 4.77. The molecule has 3 nitrogen and oxygen atoms in total. The highest BCUT2D eigenvalue weighted by Gasteiger charge is 2.09. The number of quaternary nitrogens is 2. The molecule has 19 heavy (non-hydrogen) atoms. The van der Waals surface area contributed by atoms with Gasteiger partial charge in [-0.25, -0.2) is 0 Å².